The van der Waals surface area contributed by atoms with Crippen molar-refractivity contribution < 1.29 is 29.8 Å². The standard InChI is InChI=1S/C13H19NO5/c1-17-10-5-8(4-9(7-14)13(15)16)6-11(18-2)12(10)19-3/h5-6,9H,4,7,14H2,1-3H3,(H,15,16)/t9-/m0/s1. The number of hydrogen-bond donors (Lipinski definition) is 1. The van der Waals surface area contributed by atoms with E-state index in [2.05, 4.69) is 5.73 Å². The van der Waals surface area contributed by atoms with E-state index in [1.165, 1.54) is 21.3 Å². The van der Waals surface area contributed by atoms with E-state index in [1.807, 2.05) is 0 Å². The Morgan fingerprint density at radius 1 is 1.21 bits per heavy atom. The minimum absolute atomic E-state index is 0.263. The van der Waals surface area contributed by atoms with E-state index in [1.54, 1.807) is 12.1 Å². The number of methoxy groups -OCH3 is 3. The molecule has 3 N–H and O–H groups in total. The number of aliphatic carboxylic acids is 1. The summed E-state index contributed by atoms with van der Waals surface area (Å²) in [6, 6.07) is 3.46. The van der Waals surface area contributed by atoms with Crippen molar-refractivity contribution in [2.24, 2.45) is 5.92 Å². The van der Waals surface area contributed by atoms with Gasteiger partial charge in [-0.2, -0.15) is 0 Å². The molecule has 1 atom stereocenters. The first-order chi connectivity index (χ1) is 9.07. The molecule has 0 radical (unpaired) electrons. The lowest BCUT2D eigenvalue weighted by molar-refractivity contribution is -0.387. The Hall–Kier alpha value is -1.95. The average Bonchev–Trinajstić information content (AvgIpc) is 2.42. The lowest BCUT2D eigenvalue weighted by Gasteiger charge is -2.17. The summed E-state index contributed by atoms with van der Waals surface area (Å²) in [5.74, 6) is -0.268. The molecule has 1 aromatic rings. The summed E-state index contributed by atoms with van der Waals surface area (Å²) in [6.45, 7) is 0.263. The first-order valence-electron chi connectivity index (χ1n) is 5.86. The van der Waals surface area contributed by atoms with Gasteiger partial charge in [0.15, 0.2) is 11.5 Å². The normalized spacial score (nSPS) is 11.8. The number of benzene rings is 1. The molecule has 106 valence electrons. The summed E-state index contributed by atoms with van der Waals surface area (Å²) < 4.78 is 15.6. The predicted molar refractivity (Wildman–Crippen MR) is 66.1 cm³/mol. The molecule has 1 aromatic carbocycles. The van der Waals surface area contributed by atoms with Gasteiger partial charge in [0, 0.05) is 0 Å². The SMILES string of the molecule is COc1cc(C[C@@H](C[NH3+])C(=O)[O-])cc(OC)c1OC. The van der Waals surface area contributed by atoms with Crippen LogP contribution >= 0.6 is 0 Å². The third-order valence-corrected chi connectivity index (χ3v) is 2.89. The molecule has 6 nitrogen and oxygen atoms in total. The maximum Gasteiger partial charge on any atom is 0.203 e. The van der Waals surface area contributed by atoms with Gasteiger partial charge in [-0.3, -0.25) is 0 Å². The topological polar surface area (TPSA) is 95.5 Å². The molecule has 0 aliphatic heterocycles. The second-order valence-electron chi connectivity index (χ2n) is 4.04. The summed E-state index contributed by atoms with van der Waals surface area (Å²) in [5.41, 5.74) is 4.39. The van der Waals surface area contributed by atoms with Crippen LogP contribution in [0.5, 0.6) is 17.2 Å². The summed E-state index contributed by atoms with van der Waals surface area (Å²) in [6.07, 6.45) is 0.308. The second kappa shape index (κ2) is 6.84. The molecular weight excluding hydrogens is 250 g/mol. The molecule has 0 heterocycles. The highest BCUT2D eigenvalue weighted by Crippen LogP contribution is 2.38. The molecule has 0 bridgehead atoms. The molecule has 0 fully saturated rings. The van der Waals surface area contributed by atoms with E-state index in [9.17, 15) is 9.90 Å². The van der Waals surface area contributed by atoms with Crippen LogP contribution in [-0.4, -0.2) is 33.8 Å². The summed E-state index contributed by atoms with van der Waals surface area (Å²) in [4.78, 5) is 10.9. The van der Waals surface area contributed by atoms with Gasteiger partial charge < -0.3 is 29.8 Å². The van der Waals surface area contributed by atoms with Crippen molar-refractivity contribution in [3.63, 3.8) is 0 Å². The fourth-order valence-corrected chi connectivity index (χ4v) is 1.84. The fraction of sp³-hybridized carbons (Fsp3) is 0.462. The van der Waals surface area contributed by atoms with E-state index in [4.69, 9.17) is 14.2 Å². The molecule has 0 aromatic heterocycles. The van der Waals surface area contributed by atoms with Crippen molar-refractivity contribution in [3.8, 4) is 17.2 Å². The quantitative estimate of drug-likeness (QED) is 0.675. The maximum atomic E-state index is 10.9. The van der Waals surface area contributed by atoms with Gasteiger partial charge in [0.1, 0.15) is 0 Å². The lowest BCUT2D eigenvalue weighted by atomic mass is 9.99. The molecule has 0 amide bonds. The van der Waals surface area contributed by atoms with E-state index >= 15 is 0 Å². The van der Waals surface area contributed by atoms with Crippen LogP contribution in [-0.2, 0) is 11.2 Å². The zero-order valence-corrected chi connectivity index (χ0v) is 11.4. The Morgan fingerprint density at radius 2 is 1.74 bits per heavy atom. The second-order valence-corrected chi connectivity index (χ2v) is 4.04. The molecular formula is C13H19NO5. The number of rotatable bonds is 7. The van der Waals surface area contributed by atoms with Crippen molar-refractivity contribution in [3.05, 3.63) is 17.7 Å². The Kier molecular flexibility index (Phi) is 5.44. The summed E-state index contributed by atoms with van der Waals surface area (Å²) in [5, 5.41) is 10.9. The van der Waals surface area contributed by atoms with Crippen molar-refractivity contribution in [1.82, 2.24) is 0 Å². The van der Waals surface area contributed by atoms with E-state index in [-0.39, 0.29) is 6.54 Å². The van der Waals surface area contributed by atoms with Gasteiger partial charge in [-0.1, -0.05) is 0 Å². The van der Waals surface area contributed by atoms with Gasteiger partial charge in [0.2, 0.25) is 5.75 Å². The maximum absolute atomic E-state index is 10.9. The van der Waals surface area contributed by atoms with Crippen LogP contribution in [0.15, 0.2) is 12.1 Å². The molecule has 0 unspecified atom stereocenters. The zero-order chi connectivity index (χ0) is 14.4. The molecule has 0 saturated heterocycles. The lowest BCUT2D eigenvalue weighted by Crippen LogP contribution is -2.57. The Morgan fingerprint density at radius 3 is 2.05 bits per heavy atom. The number of carbonyl (C=O) groups excluding carboxylic acids is 1. The van der Waals surface area contributed by atoms with Gasteiger partial charge in [0.25, 0.3) is 0 Å². The van der Waals surface area contributed by atoms with Gasteiger partial charge in [-0.05, 0) is 24.1 Å². The van der Waals surface area contributed by atoms with Crippen LogP contribution in [0.4, 0.5) is 0 Å². The van der Waals surface area contributed by atoms with Gasteiger partial charge in [-0.15, -0.1) is 0 Å². The molecule has 0 saturated carbocycles. The zero-order valence-electron chi connectivity index (χ0n) is 11.4. The fourth-order valence-electron chi connectivity index (χ4n) is 1.84. The largest absolute Gasteiger partial charge is 0.550 e. The minimum atomic E-state index is -1.11. The van der Waals surface area contributed by atoms with Crippen molar-refractivity contribution in [2.75, 3.05) is 27.9 Å². The first-order valence-corrected chi connectivity index (χ1v) is 5.86. The highest BCUT2D eigenvalue weighted by atomic mass is 16.5. The number of carboxylic acid groups (broad SMARTS) is 1. The van der Waals surface area contributed by atoms with Gasteiger partial charge in [0.05, 0.1) is 39.8 Å². The van der Waals surface area contributed by atoms with Crippen LogP contribution in [0.2, 0.25) is 0 Å². The highest BCUT2D eigenvalue weighted by Gasteiger charge is 2.17. The van der Waals surface area contributed by atoms with Gasteiger partial charge in [-0.25, -0.2) is 0 Å². The number of carboxylic acids is 1. The number of hydrogen-bond acceptors (Lipinski definition) is 5. The average molecular weight is 269 g/mol. The van der Waals surface area contributed by atoms with Crippen molar-refractivity contribution in [1.29, 1.82) is 0 Å². The smallest absolute Gasteiger partial charge is 0.203 e. The molecule has 0 spiro atoms. The number of quaternary nitrogens is 1. The third kappa shape index (κ3) is 3.51. The van der Waals surface area contributed by atoms with Crippen LogP contribution in [0.25, 0.3) is 0 Å². The molecule has 0 aliphatic carbocycles. The summed E-state index contributed by atoms with van der Waals surface area (Å²) >= 11 is 0. The van der Waals surface area contributed by atoms with Crippen LogP contribution < -0.4 is 25.1 Å². The molecule has 6 heteroatoms. The molecule has 19 heavy (non-hydrogen) atoms. The first kappa shape index (κ1) is 15.1. The molecule has 0 aliphatic rings. The Balaban J connectivity index is 3.12. The van der Waals surface area contributed by atoms with Gasteiger partial charge >= 0.3 is 0 Å². The Bertz CT molecular complexity index is 422. The number of ether oxygens (including phenoxy) is 3. The van der Waals surface area contributed by atoms with E-state index in [0.29, 0.717) is 23.7 Å². The van der Waals surface area contributed by atoms with Crippen molar-refractivity contribution in [2.45, 2.75) is 6.42 Å². The summed E-state index contributed by atoms with van der Waals surface area (Å²) in [7, 11) is 4.54. The van der Waals surface area contributed by atoms with Crippen LogP contribution in [0, 0.1) is 5.92 Å². The van der Waals surface area contributed by atoms with E-state index in [0.717, 1.165) is 5.56 Å². The van der Waals surface area contributed by atoms with E-state index < -0.39 is 11.9 Å². The minimum Gasteiger partial charge on any atom is -0.550 e. The monoisotopic (exact) mass is 269 g/mol. The number of carbonyl (C=O) groups is 1. The third-order valence-electron chi connectivity index (χ3n) is 2.89. The Labute approximate surface area is 112 Å². The molecule has 1 rings (SSSR count). The van der Waals surface area contributed by atoms with Crippen molar-refractivity contribution >= 4 is 5.97 Å². The predicted octanol–water partition coefficient (Wildman–Crippen LogP) is -1.14. The van der Waals surface area contributed by atoms with Crippen LogP contribution in [0.3, 0.4) is 0 Å². The highest BCUT2D eigenvalue weighted by molar-refractivity contribution is 5.68. The van der Waals surface area contributed by atoms with Crippen LogP contribution in [0.1, 0.15) is 5.56 Å².